The zero-order valence-electron chi connectivity index (χ0n) is 16.4. The first-order valence-electron chi connectivity index (χ1n) is 9.15. The normalized spacial score (nSPS) is 11.7. The van der Waals surface area contributed by atoms with Crippen molar-refractivity contribution in [1.29, 1.82) is 0 Å². The number of carbonyl (C=O) groups is 2. The van der Waals surface area contributed by atoms with Crippen LogP contribution in [0.15, 0.2) is 54.6 Å². The summed E-state index contributed by atoms with van der Waals surface area (Å²) in [4.78, 5) is 27.0. The van der Waals surface area contributed by atoms with Gasteiger partial charge in [-0.05, 0) is 29.2 Å². The van der Waals surface area contributed by atoms with Gasteiger partial charge in [-0.3, -0.25) is 9.59 Å². The highest BCUT2D eigenvalue weighted by Gasteiger charge is 2.29. The van der Waals surface area contributed by atoms with Crippen LogP contribution in [0.25, 0.3) is 0 Å². The van der Waals surface area contributed by atoms with E-state index >= 15 is 0 Å². The SMILES string of the molecule is COc1ccc(CN(C(C)=O)C(C(=O)NCC(C)C)c2ccccc2)cc1. The summed E-state index contributed by atoms with van der Waals surface area (Å²) in [5, 5.41) is 2.97. The number of ether oxygens (including phenoxy) is 1. The van der Waals surface area contributed by atoms with Crippen molar-refractivity contribution in [1.82, 2.24) is 10.2 Å². The Hall–Kier alpha value is -2.82. The molecule has 0 aromatic heterocycles. The molecule has 27 heavy (non-hydrogen) atoms. The second-order valence-corrected chi connectivity index (χ2v) is 6.95. The van der Waals surface area contributed by atoms with Gasteiger partial charge in [0.15, 0.2) is 0 Å². The summed E-state index contributed by atoms with van der Waals surface area (Å²) >= 11 is 0. The number of rotatable bonds is 8. The quantitative estimate of drug-likeness (QED) is 0.775. The van der Waals surface area contributed by atoms with Gasteiger partial charge in [-0.1, -0.05) is 56.3 Å². The summed E-state index contributed by atoms with van der Waals surface area (Å²) in [7, 11) is 1.61. The first-order valence-corrected chi connectivity index (χ1v) is 9.15. The van der Waals surface area contributed by atoms with E-state index in [-0.39, 0.29) is 11.8 Å². The lowest BCUT2D eigenvalue weighted by molar-refractivity contribution is -0.140. The Morgan fingerprint density at radius 1 is 1.04 bits per heavy atom. The molecule has 5 nitrogen and oxygen atoms in total. The summed E-state index contributed by atoms with van der Waals surface area (Å²) in [5.74, 6) is 0.762. The van der Waals surface area contributed by atoms with Crippen LogP contribution in [0.3, 0.4) is 0 Å². The van der Waals surface area contributed by atoms with Crippen LogP contribution in [0, 0.1) is 5.92 Å². The van der Waals surface area contributed by atoms with E-state index in [2.05, 4.69) is 5.32 Å². The van der Waals surface area contributed by atoms with Gasteiger partial charge in [0.1, 0.15) is 11.8 Å². The molecular weight excluding hydrogens is 340 g/mol. The number of hydrogen-bond donors (Lipinski definition) is 1. The fourth-order valence-electron chi connectivity index (χ4n) is 2.82. The minimum atomic E-state index is -0.676. The molecule has 1 atom stereocenters. The topological polar surface area (TPSA) is 58.6 Å². The summed E-state index contributed by atoms with van der Waals surface area (Å²) < 4.78 is 5.19. The zero-order chi connectivity index (χ0) is 19.8. The van der Waals surface area contributed by atoms with Crippen LogP contribution in [0.1, 0.15) is 37.9 Å². The second-order valence-electron chi connectivity index (χ2n) is 6.95. The van der Waals surface area contributed by atoms with Crippen molar-refractivity contribution in [3.63, 3.8) is 0 Å². The largest absolute Gasteiger partial charge is 0.497 e. The Balaban J connectivity index is 2.32. The van der Waals surface area contributed by atoms with Gasteiger partial charge in [-0.15, -0.1) is 0 Å². The number of methoxy groups -OCH3 is 1. The smallest absolute Gasteiger partial charge is 0.247 e. The molecule has 0 bridgehead atoms. The Morgan fingerprint density at radius 2 is 1.67 bits per heavy atom. The maximum absolute atomic E-state index is 13.0. The van der Waals surface area contributed by atoms with Crippen molar-refractivity contribution in [2.45, 2.75) is 33.4 Å². The fraction of sp³-hybridized carbons (Fsp3) is 0.364. The van der Waals surface area contributed by atoms with Crippen LogP contribution in [-0.4, -0.2) is 30.4 Å². The van der Waals surface area contributed by atoms with Gasteiger partial charge < -0.3 is 15.0 Å². The number of amides is 2. The minimum absolute atomic E-state index is 0.153. The van der Waals surface area contributed by atoms with Crippen molar-refractivity contribution in [3.05, 3.63) is 65.7 Å². The highest BCUT2D eigenvalue weighted by molar-refractivity contribution is 5.88. The van der Waals surface area contributed by atoms with Crippen molar-refractivity contribution >= 4 is 11.8 Å². The van der Waals surface area contributed by atoms with Crippen LogP contribution >= 0.6 is 0 Å². The predicted octanol–water partition coefficient (Wildman–Crippen LogP) is 3.56. The summed E-state index contributed by atoms with van der Waals surface area (Å²) in [5.41, 5.74) is 1.73. The summed E-state index contributed by atoms with van der Waals surface area (Å²) in [6, 6.07) is 16.2. The molecule has 2 amide bonds. The lowest BCUT2D eigenvalue weighted by Crippen LogP contribution is -2.43. The minimum Gasteiger partial charge on any atom is -0.497 e. The lowest BCUT2D eigenvalue weighted by Gasteiger charge is -2.31. The molecule has 0 heterocycles. The first kappa shape index (κ1) is 20.5. The molecule has 1 N–H and O–H groups in total. The van der Waals surface area contributed by atoms with Crippen LogP contribution in [0.5, 0.6) is 5.75 Å². The predicted molar refractivity (Wildman–Crippen MR) is 106 cm³/mol. The highest BCUT2D eigenvalue weighted by atomic mass is 16.5. The molecule has 1 unspecified atom stereocenters. The van der Waals surface area contributed by atoms with E-state index in [1.54, 1.807) is 12.0 Å². The van der Waals surface area contributed by atoms with Gasteiger partial charge >= 0.3 is 0 Å². The number of hydrogen-bond acceptors (Lipinski definition) is 3. The Labute approximate surface area is 161 Å². The standard InChI is InChI=1S/C22H28N2O3/c1-16(2)14-23-22(26)21(19-8-6-5-7-9-19)24(17(3)25)15-18-10-12-20(27-4)13-11-18/h5-13,16,21H,14-15H2,1-4H3,(H,23,26). The summed E-state index contributed by atoms with van der Waals surface area (Å²) in [6.45, 7) is 6.48. The van der Waals surface area contributed by atoms with Crippen molar-refractivity contribution < 1.29 is 14.3 Å². The van der Waals surface area contributed by atoms with Crippen LogP contribution < -0.4 is 10.1 Å². The summed E-state index contributed by atoms with van der Waals surface area (Å²) in [6.07, 6.45) is 0. The molecule has 0 saturated heterocycles. The van der Waals surface area contributed by atoms with Crippen molar-refractivity contribution in [2.75, 3.05) is 13.7 Å². The Morgan fingerprint density at radius 3 is 2.19 bits per heavy atom. The van der Waals surface area contributed by atoms with Gasteiger partial charge in [0.05, 0.1) is 7.11 Å². The van der Waals surface area contributed by atoms with E-state index in [4.69, 9.17) is 4.74 Å². The molecule has 0 aliphatic carbocycles. The number of nitrogens with zero attached hydrogens (tertiary/aromatic N) is 1. The lowest BCUT2D eigenvalue weighted by atomic mass is 10.0. The van der Waals surface area contributed by atoms with E-state index in [0.717, 1.165) is 16.9 Å². The van der Waals surface area contributed by atoms with E-state index < -0.39 is 6.04 Å². The second kappa shape index (κ2) is 9.76. The van der Waals surface area contributed by atoms with Crippen LogP contribution in [-0.2, 0) is 16.1 Å². The molecular formula is C22H28N2O3. The van der Waals surface area contributed by atoms with Crippen molar-refractivity contribution in [2.24, 2.45) is 5.92 Å². The van der Waals surface area contributed by atoms with Gasteiger partial charge in [0.25, 0.3) is 0 Å². The van der Waals surface area contributed by atoms with E-state index in [0.29, 0.717) is 19.0 Å². The Kier molecular flexibility index (Phi) is 7.41. The molecule has 2 aromatic carbocycles. The van der Waals surface area contributed by atoms with E-state index in [9.17, 15) is 9.59 Å². The maximum Gasteiger partial charge on any atom is 0.247 e. The third-order valence-corrected chi connectivity index (χ3v) is 4.28. The average molecular weight is 368 g/mol. The average Bonchev–Trinajstić information content (AvgIpc) is 2.67. The van der Waals surface area contributed by atoms with Gasteiger partial charge in [-0.25, -0.2) is 0 Å². The van der Waals surface area contributed by atoms with Gasteiger partial charge in [-0.2, -0.15) is 0 Å². The van der Waals surface area contributed by atoms with Gasteiger partial charge in [0.2, 0.25) is 11.8 Å². The maximum atomic E-state index is 13.0. The third kappa shape index (κ3) is 5.84. The third-order valence-electron chi connectivity index (χ3n) is 4.28. The molecule has 2 rings (SSSR count). The van der Waals surface area contributed by atoms with E-state index in [1.807, 2.05) is 68.4 Å². The molecule has 0 saturated carbocycles. The molecule has 5 heteroatoms. The number of nitrogens with one attached hydrogen (secondary N) is 1. The van der Waals surface area contributed by atoms with Crippen LogP contribution in [0.4, 0.5) is 0 Å². The number of carbonyl (C=O) groups excluding carboxylic acids is 2. The first-order chi connectivity index (χ1) is 12.9. The fourth-order valence-corrected chi connectivity index (χ4v) is 2.82. The molecule has 0 aliphatic rings. The van der Waals surface area contributed by atoms with Gasteiger partial charge in [0, 0.05) is 20.0 Å². The van der Waals surface area contributed by atoms with Crippen LogP contribution in [0.2, 0.25) is 0 Å². The molecule has 0 spiro atoms. The molecule has 144 valence electrons. The molecule has 0 fully saturated rings. The zero-order valence-corrected chi connectivity index (χ0v) is 16.4. The molecule has 2 aromatic rings. The highest BCUT2D eigenvalue weighted by Crippen LogP contribution is 2.24. The number of benzene rings is 2. The molecule has 0 radical (unpaired) electrons. The monoisotopic (exact) mass is 368 g/mol. The van der Waals surface area contributed by atoms with E-state index in [1.165, 1.54) is 6.92 Å². The van der Waals surface area contributed by atoms with Crippen molar-refractivity contribution in [3.8, 4) is 5.75 Å². The Bertz CT molecular complexity index is 742. The molecule has 0 aliphatic heterocycles.